The highest BCUT2D eigenvalue weighted by Gasteiger charge is 2.57. The Morgan fingerprint density at radius 1 is 1.22 bits per heavy atom. The fourth-order valence-electron chi connectivity index (χ4n) is 4.50. The van der Waals surface area contributed by atoms with Gasteiger partial charge in [0.15, 0.2) is 0 Å². The van der Waals surface area contributed by atoms with Crippen molar-refractivity contribution in [2.45, 2.75) is 44.3 Å². The van der Waals surface area contributed by atoms with Crippen molar-refractivity contribution >= 4 is 0 Å². The van der Waals surface area contributed by atoms with Crippen LogP contribution < -0.4 is 5.73 Å². The lowest BCUT2D eigenvalue weighted by molar-refractivity contribution is 0.0402. The molecule has 2 saturated carbocycles. The summed E-state index contributed by atoms with van der Waals surface area (Å²) in [5.41, 5.74) is 9.59. The maximum atomic E-state index is 6.23. The quantitative estimate of drug-likeness (QED) is 0.863. The third-order valence-electron chi connectivity index (χ3n) is 5.62. The molecule has 1 aliphatic heterocycles. The van der Waals surface area contributed by atoms with Gasteiger partial charge in [-0.25, -0.2) is 0 Å². The van der Waals surface area contributed by atoms with Gasteiger partial charge in [-0.3, -0.25) is 4.90 Å². The second-order valence-electron chi connectivity index (χ2n) is 6.43. The lowest BCUT2D eigenvalue weighted by Gasteiger charge is -2.44. The number of rotatable bonds is 2. The molecule has 3 unspecified atom stereocenters. The van der Waals surface area contributed by atoms with Gasteiger partial charge in [0.1, 0.15) is 0 Å². The van der Waals surface area contributed by atoms with E-state index in [-0.39, 0.29) is 0 Å². The van der Waals surface area contributed by atoms with Crippen LogP contribution in [0.1, 0.15) is 36.8 Å². The highest BCUT2D eigenvalue weighted by molar-refractivity contribution is 5.31. The molecule has 4 rings (SSSR count). The van der Waals surface area contributed by atoms with Gasteiger partial charge in [0.05, 0.1) is 0 Å². The maximum absolute atomic E-state index is 6.23. The Morgan fingerprint density at radius 2 is 1.94 bits per heavy atom. The van der Waals surface area contributed by atoms with Crippen LogP contribution in [-0.4, -0.2) is 17.0 Å². The molecule has 96 valence electrons. The molecule has 2 fully saturated rings. The number of fused-ring (bicyclic) bond motifs is 2. The summed E-state index contributed by atoms with van der Waals surface area (Å²) in [4.78, 5) is 2.70. The second kappa shape index (κ2) is 3.82. The van der Waals surface area contributed by atoms with Gasteiger partial charge in [-0.15, -0.1) is 0 Å². The standard InChI is InChI=1S/C16H22N2/c17-11-16(7-3-6-12-8-15(12)16)18-9-13-4-1-2-5-14(13)10-18/h1-2,4-5,12,15H,3,6-11,17H2. The molecule has 2 aliphatic carbocycles. The average molecular weight is 242 g/mol. The van der Waals surface area contributed by atoms with E-state index in [0.29, 0.717) is 5.54 Å². The fourth-order valence-corrected chi connectivity index (χ4v) is 4.50. The number of hydrogen-bond donors (Lipinski definition) is 1. The molecule has 0 spiro atoms. The first-order valence-corrected chi connectivity index (χ1v) is 7.35. The Kier molecular flexibility index (Phi) is 2.33. The monoisotopic (exact) mass is 242 g/mol. The van der Waals surface area contributed by atoms with Gasteiger partial charge >= 0.3 is 0 Å². The Labute approximate surface area is 109 Å². The largest absolute Gasteiger partial charge is 0.329 e. The highest BCUT2D eigenvalue weighted by Crippen LogP contribution is 2.57. The zero-order chi connectivity index (χ0) is 12.2. The van der Waals surface area contributed by atoms with Gasteiger partial charge in [0, 0.05) is 25.2 Å². The molecular formula is C16H22N2. The van der Waals surface area contributed by atoms with Crippen molar-refractivity contribution in [1.82, 2.24) is 4.90 Å². The number of benzene rings is 1. The molecule has 0 amide bonds. The van der Waals surface area contributed by atoms with Crippen LogP contribution >= 0.6 is 0 Å². The van der Waals surface area contributed by atoms with E-state index in [2.05, 4.69) is 29.2 Å². The molecule has 2 heteroatoms. The summed E-state index contributed by atoms with van der Waals surface area (Å²) < 4.78 is 0. The van der Waals surface area contributed by atoms with Crippen LogP contribution in [-0.2, 0) is 13.1 Å². The van der Waals surface area contributed by atoms with Crippen molar-refractivity contribution in [3.05, 3.63) is 35.4 Å². The van der Waals surface area contributed by atoms with Crippen molar-refractivity contribution in [3.8, 4) is 0 Å². The van der Waals surface area contributed by atoms with Crippen LogP contribution in [0, 0.1) is 11.8 Å². The molecule has 1 aromatic rings. The van der Waals surface area contributed by atoms with Gasteiger partial charge in [-0.1, -0.05) is 37.1 Å². The summed E-state index contributed by atoms with van der Waals surface area (Å²) in [7, 11) is 0. The van der Waals surface area contributed by atoms with Crippen molar-refractivity contribution in [3.63, 3.8) is 0 Å². The molecule has 3 aliphatic rings. The Hall–Kier alpha value is -0.860. The van der Waals surface area contributed by atoms with Crippen molar-refractivity contribution in [2.24, 2.45) is 17.6 Å². The third kappa shape index (κ3) is 1.42. The van der Waals surface area contributed by atoms with Gasteiger partial charge in [-0.2, -0.15) is 0 Å². The normalized spacial score (nSPS) is 38.3. The topological polar surface area (TPSA) is 29.3 Å². The van der Waals surface area contributed by atoms with Crippen molar-refractivity contribution in [2.75, 3.05) is 6.54 Å². The predicted molar refractivity (Wildman–Crippen MR) is 72.9 cm³/mol. The lowest BCUT2D eigenvalue weighted by atomic mass is 9.80. The van der Waals surface area contributed by atoms with Gasteiger partial charge in [-0.05, 0) is 35.8 Å². The van der Waals surface area contributed by atoms with Crippen LogP contribution in [0.25, 0.3) is 0 Å². The Balaban J connectivity index is 1.64. The molecule has 0 bridgehead atoms. The molecule has 3 atom stereocenters. The number of hydrogen-bond acceptors (Lipinski definition) is 2. The Morgan fingerprint density at radius 3 is 2.61 bits per heavy atom. The van der Waals surface area contributed by atoms with E-state index in [1.165, 1.54) is 36.8 Å². The van der Waals surface area contributed by atoms with Crippen LogP contribution in [0.5, 0.6) is 0 Å². The molecule has 2 nitrogen and oxygen atoms in total. The minimum Gasteiger partial charge on any atom is -0.329 e. The minimum atomic E-state index is 0.321. The predicted octanol–water partition coefficient (Wildman–Crippen LogP) is 2.52. The summed E-state index contributed by atoms with van der Waals surface area (Å²) in [5.74, 6) is 1.89. The second-order valence-corrected chi connectivity index (χ2v) is 6.43. The smallest absolute Gasteiger partial charge is 0.0369 e. The molecule has 0 radical (unpaired) electrons. The van der Waals surface area contributed by atoms with Crippen LogP contribution in [0.4, 0.5) is 0 Å². The molecule has 0 saturated heterocycles. The SMILES string of the molecule is NCC1(N2Cc3ccccc3C2)CCCC2CC21. The van der Waals surface area contributed by atoms with Crippen molar-refractivity contribution < 1.29 is 0 Å². The molecule has 2 N–H and O–H groups in total. The lowest BCUT2D eigenvalue weighted by Crippen LogP contribution is -2.54. The van der Waals surface area contributed by atoms with Gasteiger partial charge in [0.25, 0.3) is 0 Å². The zero-order valence-electron chi connectivity index (χ0n) is 10.9. The summed E-state index contributed by atoms with van der Waals surface area (Å²) in [5, 5.41) is 0. The number of nitrogens with zero attached hydrogens (tertiary/aromatic N) is 1. The van der Waals surface area contributed by atoms with E-state index in [0.717, 1.165) is 31.5 Å². The van der Waals surface area contributed by atoms with Gasteiger partial charge in [0.2, 0.25) is 0 Å². The van der Waals surface area contributed by atoms with Crippen LogP contribution in [0.15, 0.2) is 24.3 Å². The summed E-state index contributed by atoms with van der Waals surface area (Å²) in [6.07, 6.45) is 5.58. The first kappa shape index (κ1) is 11.0. The minimum absolute atomic E-state index is 0.321. The van der Waals surface area contributed by atoms with E-state index in [4.69, 9.17) is 5.73 Å². The molecule has 18 heavy (non-hydrogen) atoms. The first-order valence-electron chi connectivity index (χ1n) is 7.35. The fraction of sp³-hybridized carbons (Fsp3) is 0.625. The van der Waals surface area contributed by atoms with E-state index in [1.807, 2.05) is 0 Å². The van der Waals surface area contributed by atoms with Crippen LogP contribution in [0.3, 0.4) is 0 Å². The van der Waals surface area contributed by atoms with E-state index in [9.17, 15) is 0 Å². The van der Waals surface area contributed by atoms with Crippen molar-refractivity contribution in [1.29, 1.82) is 0 Å². The van der Waals surface area contributed by atoms with Crippen LogP contribution in [0.2, 0.25) is 0 Å². The number of nitrogens with two attached hydrogens (primary N) is 1. The molecule has 1 heterocycles. The molecule has 0 aromatic heterocycles. The van der Waals surface area contributed by atoms with Gasteiger partial charge < -0.3 is 5.73 Å². The maximum Gasteiger partial charge on any atom is 0.0369 e. The highest BCUT2D eigenvalue weighted by atomic mass is 15.2. The van der Waals surface area contributed by atoms with E-state index in [1.54, 1.807) is 0 Å². The Bertz CT molecular complexity index is 445. The van der Waals surface area contributed by atoms with E-state index >= 15 is 0 Å². The molecule has 1 aromatic carbocycles. The molecular weight excluding hydrogens is 220 g/mol. The summed E-state index contributed by atoms with van der Waals surface area (Å²) in [6, 6.07) is 8.90. The zero-order valence-corrected chi connectivity index (χ0v) is 10.9. The van der Waals surface area contributed by atoms with E-state index < -0.39 is 0 Å². The summed E-state index contributed by atoms with van der Waals surface area (Å²) >= 11 is 0. The first-order chi connectivity index (χ1) is 8.83. The average Bonchev–Trinajstić information content (AvgIpc) is 3.08. The summed E-state index contributed by atoms with van der Waals surface area (Å²) in [6.45, 7) is 3.09. The third-order valence-corrected chi connectivity index (χ3v) is 5.62.